The number of thioether (sulfide) groups is 1. The number of rotatable bonds is 7. The molecule has 1 saturated carbocycles. The van der Waals surface area contributed by atoms with Crippen LogP contribution in [0.25, 0.3) is 0 Å². The van der Waals surface area contributed by atoms with E-state index in [1.165, 1.54) is 25.7 Å². The van der Waals surface area contributed by atoms with Gasteiger partial charge in [-0.05, 0) is 45.9 Å². The van der Waals surface area contributed by atoms with E-state index in [0.29, 0.717) is 12.1 Å². The monoisotopic (exact) mass is 428 g/mol. The molecule has 21 heavy (non-hydrogen) atoms. The standard InChI is InChI=1S/C15H32N4S.HI/c1-6-12(2)19(4)10-9-17-15(16-3)18-13-7-8-14(11-13)20-5;/h12-14H,6-11H2,1-5H3,(H2,16,17,18);1H. The first-order chi connectivity index (χ1) is 9.60. The molecule has 1 rings (SSSR count). The highest BCUT2D eigenvalue weighted by Crippen LogP contribution is 2.27. The third-order valence-corrected chi connectivity index (χ3v) is 5.48. The summed E-state index contributed by atoms with van der Waals surface area (Å²) in [7, 11) is 4.04. The fourth-order valence-electron chi connectivity index (χ4n) is 2.56. The molecule has 6 heteroatoms. The minimum absolute atomic E-state index is 0. The zero-order chi connectivity index (χ0) is 15.0. The Labute approximate surface area is 152 Å². The second-order valence-electron chi connectivity index (χ2n) is 5.75. The van der Waals surface area contributed by atoms with Crippen molar-refractivity contribution >= 4 is 41.7 Å². The van der Waals surface area contributed by atoms with Crippen molar-refractivity contribution in [1.82, 2.24) is 15.5 Å². The van der Waals surface area contributed by atoms with Gasteiger partial charge in [0.2, 0.25) is 0 Å². The average Bonchev–Trinajstić information content (AvgIpc) is 2.92. The second kappa shape index (κ2) is 11.8. The van der Waals surface area contributed by atoms with Crippen molar-refractivity contribution in [2.45, 2.75) is 56.9 Å². The minimum Gasteiger partial charge on any atom is -0.355 e. The third-order valence-electron chi connectivity index (χ3n) is 4.38. The van der Waals surface area contributed by atoms with E-state index >= 15 is 0 Å². The first kappa shape index (κ1) is 21.3. The van der Waals surface area contributed by atoms with Crippen LogP contribution in [0.5, 0.6) is 0 Å². The summed E-state index contributed by atoms with van der Waals surface area (Å²) in [6.45, 7) is 6.50. The Morgan fingerprint density at radius 2 is 2.14 bits per heavy atom. The molecule has 0 aliphatic heterocycles. The summed E-state index contributed by atoms with van der Waals surface area (Å²) in [6, 6.07) is 1.23. The number of hydrogen-bond acceptors (Lipinski definition) is 3. The minimum atomic E-state index is 0. The smallest absolute Gasteiger partial charge is 0.191 e. The normalized spacial score (nSPS) is 23.8. The van der Waals surface area contributed by atoms with Gasteiger partial charge in [0.1, 0.15) is 0 Å². The maximum Gasteiger partial charge on any atom is 0.191 e. The molecule has 0 aromatic carbocycles. The van der Waals surface area contributed by atoms with Crippen LogP contribution in [0.15, 0.2) is 4.99 Å². The van der Waals surface area contributed by atoms with Crippen LogP contribution in [0.2, 0.25) is 0 Å². The Balaban J connectivity index is 0.00000400. The summed E-state index contributed by atoms with van der Waals surface area (Å²) in [4.78, 5) is 6.72. The lowest BCUT2D eigenvalue weighted by Gasteiger charge is -2.24. The molecule has 1 aliphatic carbocycles. The van der Waals surface area contributed by atoms with E-state index in [2.05, 4.69) is 47.7 Å². The van der Waals surface area contributed by atoms with E-state index in [4.69, 9.17) is 0 Å². The molecule has 0 heterocycles. The number of hydrogen-bond donors (Lipinski definition) is 2. The summed E-state index contributed by atoms with van der Waals surface area (Å²) in [5.74, 6) is 0.953. The number of aliphatic imine (C=N–C) groups is 1. The number of guanidine groups is 1. The van der Waals surface area contributed by atoms with Gasteiger partial charge in [0, 0.05) is 37.5 Å². The van der Waals surface area contributed by atoms with E-state index in [9.17, 15) is 0 Å². The zero-order valence-electron chi connectivity index (χ0n) is 14.2. The van der Waals surface area contributed by atoms with Crippen LogP contribution in [0.1, 0.15) is 39.5 Å². The quantitative estimate of drug-likeness (QED) is 0.372. The highest BCUT2D eigenvalue weighted by atomic mass is 127. The van der Waals surface area contributed by atoms with Crippen molar-refractivity contribution < 1.29 is 0 Å². The summed E-state index contributed by atoms with van der Waals surface area (Å²) >= 11 is 1.99. The fourth-order valence-corrected chi connectivity index (χ4v) is 3.35. The molecule has 0 spiro atoms. The number of nitrogens with zero attached hydrogens (tertiary/aromatic N) is 2. The van der Waals surface area contributed by atoms with E-state index in [1.807, 2.05) is 18.8 Å². The van der Waals surface area contributed by atoms with Crippen molar-refractivity contribution in [2.75, 3.05) is 33.4 Å². The molecule has 1 aliphatic rings. The van der Waals surface area contributed by atoms with Gasteiger partial charge in [-0.15, -0.1) is 24.0 Å². The molecule has 3 unspecified atom stereocenters. The molecule has 3 atom stereocenters. The first-order valence-corrected chi connectivity index (χ1v) is 9.09. The number of nitrogens with one attached hydrogen (secondary N) is 2. The topological polar surface area (TPSA) is 39.7 Å². The SMILES string of the molecule is CCC(C)N(C)CCNC(=NC)NC1CCC(SC)C1.I. The van der Waals surface area contributed by atoms with Crippen LogP contribution >= 0.6 is 35.7 Å². The van der Waals surface area contributed by atoms with Crippen LogP contribution in [-0.4, -0.2) is 61.6 Å². The molecule has 0 radical (unpaired) electrons. The summed E-state index contributed by atoms with van der Waals surface area (Å²) < 4.78 is 0. The Bertz CT molecular complexity index is 301. The van der Waals surface area contributed by atoms with Crippen LogP contribution in [0, 0.1) is 0 Å². The van der Waals surface area contributed by atoms with Crippen LogP contribution in [0.3, 0.4) is 0 Å². The highest BCUT2D eigenvalue weighted by Gasteiger charge is 2.24. The largest absolute Gasteiger partial charge is 0.355 e. The molecule has 0 amide bonds. The van der Waals surface area contributed by atoms with Gasteiger partial charge in [0.05, 0.1) is 0 Å². The van der Waals surface area contributed by atoms with Gasteiger partial charge in [0.15, 0.2) is 5.96 Å². The molecule has 126 valence electrons. The lowest BCUT2D eigenvalue weighted by molar-refractivity contribution is 0.255. The van der Waals surface area contributed by atoms with Gasteiger partial charge in [0.25, 0.3) is 0 Å². The van der Waals surface area contributed by atoms with Gasteiger partial charge in [-0.25, -0.2) is 0 Å². The predicted octanol–water partition coefficient (Wildman–Crippen LogP) is 2.78. The Hall–Kier alpha value is 0.310. The summed E-state index contributed by atoms with van der Waals surface area (Å²) in [5.41, 5.74) is 0. The summed E-state index contributed by atoms with van der Waals surface area (Å²) in [6.07, 6.45) is 7.26. The Morgan fingerprint density at radius 1 is 1.43 bits per heavy atom. The lowest BCUT2D eigenvalue weighted by atomic mass is 10.2. The van der Waals surface area contributed by atoms with Gasteiger partial charge in [-0.1, -0.05) is 6.92 Å². The van der Waals surface area contributed by atoms with Crippen LogP contribution in [0.4, 0.5) is 0 Å². The Morgan fingerprint density at radius 3 is 2.67 bits per heavy atom. The average molecular weight is 428 g/mol. The van der Waals surface area contributed by atoms with Gasteiger partial charge in [-0.2, -0.15) is 11.8 Å². The van der Waals surface area contributed by atoms with Gasteiger partial charge < -0.3 is 15.5 Å². The van der Waals surface area contributed by atoms with Crippen molar-refractivity contribution in [3.63, 3.8) is 0 Å². The van der Waals surface area contributed by atoms with Crippen LogP contribution < -0.4 is 10.6 Å². The van der Waals surface area contributed by atoms with Crippen molar-refractivity contribution in [3.05, 3.63) is 0 Å². The molecule has 0 bridgehead atoms. The zero-order valence-corrected chi connectivity index (χ0v) is 17.3. The second-order valence-corrected chi connectivity index (χ2v) is 6.89. The summed E-state index contributed by atoms with van der Waals surface area (Å²) in [5, 5.41) is 7.80. The molecule has 0 aromatic rings. The maximum atomic E-state index is 4.33. The number of halogens is 1. The molecule has 2 N–H and O–H groups in total. The molecule has 0 aromatic heterocycles. The highest BCUT2D eigenvalue weighted by molar-refractivity contribution is 14.0. The van der Waals surface area contributed by atoms with Crippen LogP contribution in [-0.2, 0) is 0 Å². The molecular weight excluding hydrogens is 395 g/mol. The molecular formula is C15H33IN4S. The predicted molar refractivity (Wildman–Crippen MR) is 107 cm³/mol. The molecule has 0 saturated heterocycles. The van der Waals surface area contributed by atoms with Gasteiger partial charge >= 0.3 is 0 Å². The fraction of sp³-hybridized carbons (Fsp3) is 0.933. The van der Waals surface area contributed by atoms with E-state index in [1.54, 1.807) is 0 Å². The molecule has 4 nitrogen and oxygen atoms in total. The van der Waals surface area contributed by atoms with Crippen molar-refractivity contribution in [2.24, 2.45) is 4.99 Å². The van der Waals surface area contributed by atoms with E-state index in [0.717, 1.165) is 24.3 Å². The van der Waals surface area contributed by atoms with E-state index < -0.39 is 0 Å². The number of likely N-dealkylation sites (N-methyl/N-ethyl adjacent to an activating group) is 1. The maximum absolute atomic E-state index is 4.33. The van der Waals surface area contributed by atoms with E-state index in [-0.39, 0.29) is 24.0 Å². The van der Waals surface area contributed by atoms with Crippen molar-refractivity contribution in [3.8, 4) is 0 Å². The lowest BCUT2D eigenvalue weighted by Crippen LogP contribution is -2.45. The third kappa shape index (κ3) is 7.93. The first-order valence-electron chi connectivity index (χ1n) is 7.80. The molecule has 1 fully saturated rings. The van der Waals surface area contributed by atoms with Gasteiger partial charge in [-0.3, -0.25) is 4.99 Å². The Kier molecular flexibility index (Phi) is 12.0. The van der Waals surface area contributed by atoms with Crippen molar-refractivity contribution in [1.29, 1.82) is 0 Å².